The number of furan rings is 1. The third kappa shape index (κ3) is 3.91. The van der Waals surface area contributed by atoms with Crippen molar-refractivity contribution in [3.05, 3.63) is 58.5 Å². The molecular weight excluding hydrogens is 326 g/mol. The fraction of sp³-hybridized carbons (Fsp3) is 0.429. The summed E-state index contributed by atoms with van der Waals surface area (Å²) in [6.45, 7) is 6.79. The van der Waals surface area contributed by atoms with Crippen molar-refractivity contribution in [3.63, 3.8) is 0 Å². The normalized spacial score (nSPS) is 17.9. The highest BCUT2D eigenvalue weighted by Crippen LogP contribution is 2.42. The Balaban J connectivity index is 1.71. The number of hydrogen-bond acceptors (Lipinski definition) is 3. The Hall–Kier alpha value is -2.74. The first-order chi connectivity index (χ1) is 12.3. The number of fused-ring (bicyclic) bond motifs is 1. The van der Waals surface area contributed by atoms with Gasteiger partial charge in [-0.1, -0.05) is 26.0 Å². The summed E-state index contributed by atoms with van der Waals surface area (Å²) in [6.07, 6.45) is 1.77. The van der Waals surface area contributed by atoms with Crippen molar-refractivity contribution in [1.82, 2.24) is 10.2 Å². The summed E-state index contributed by atoms with van der Waals surface area (Å²) < 4.78 is 5.84. The highest BCUT2D eigenvalue weighted by molar-refractivity contribution is 5.74. The molecule has 0 radical (unpaired) electrons. The zero-order chi connectivity index (χ0) is 18.9. The molecule has 5 heteroatoms. The lowest BCUT2D eigenvalue weighted by atomic mass is 9.75. The molecule has 1 atom stereocenters. The van der Waals surface area contributed by atoms with E-state index in [9.17, 15) is 4.79 Å². The molecule has 0 saturated carbocycles. The zero-order valence-electron chi connectivity index (χ0n) is 15.8. The molecule has 0 fully saturated rings. The molecule has 2 aromatic rings. The minimum atomic E-state index is -0.125. The van der Waals surface area contributed by atoms with Crippen molar-refractivity contribution >= 4 is 6.03 Å². The van der Waals surface area contributed by atoms with Crippen LogP contribution in [0.25, 0.3) is 0 Å². The molecule has 136 valence electrons. The first-order valence-corrected chi connectivity index (χ1v) is 8.87. The maximum atomic E-state index is 12.7. The Kier molecular flexibility index (Phi) is 4.78. The SMILES string of the molecule is Cc1cc2c(o1)CC(C)(C)CC2NC(=O)N(C)Cc1cccc(C#N)c1. The van der Waals surface area contributed by atoms with Gasteiger partial charge in [0.15, 0.2) is 0 Å². The molecule has 3 rings (SSSR count). The Morgan fingerprint density at radius 3 is 2.92 bits per heavy atom. The highest BCUT2D eigenvalue weighted by atomic mass is 16.3. The summed E-state index contributed by atoms with van der Waals surface area (Å²) in [7, 11) is 1.77. The summed E-state index contributed by atoms with van der Waals surface area (Å²) in [5.74, 6) is 1.86. The molecule has 2 amide bonds. The van der Waals surface area contributed by atoms with Gasteiger partial charge >= 0.3 is 6.03 Å². The Bertz CT molecular complexity index is 860. The van der Waals surface area contributed by atoms with Crippen LogP contribution in [0.5, 0.6) is 0 Å². The van der Waals surface area contributed by atoms with E-state index in [1.807, 2.05) is 31.2 Å². The van der Waals surface area contributed by atoms with Gasteiger partial charge < -0.3 is 14.6 Å². The second-order valence-electron chi connectivity index (χ2n) is 7.95. The van der Waals surface area contributed by atoms with Crippen molar-refractivity contribution in [3.8, 4) is 6.07 Å². The van der Waals surface area contributed by atoms with Crippen LogP contribution in [0.2, 0.25) is 0 Å². The molecule has 0 aliphatic heterocycles. The van der Waals surface area contributed by atoms with E-state index in [1.54, 1.807) is 18.0 Å². The van der Waals surface area contributed by atoms with Gasteiger partial charge in [-0.05, 0) is 42.5 Å². The summed E-state index contributed by atoms with van der Waals surface area (Å²) in [5, 5.41) is 12.2. The van der Waals surface area contributed by atoms with E-state index >= 15 is 0 Å². The number of carbonyl (C=O) groups excluding carboxylic acids is 1. The molecule has 1 aliphatic carbocycles. The number of carbonyl (C=O) groups is 1. The van der Waals surface area contributed by atoms with E-state index in [1.165, 1.54) is 0 Å². The van der Waals surface area contributed by atoms with Gasteiger partial charge in [0.05, 0.1) is 17.7 Å². The summed E-state index contributed by atoms with van der Waals surface area (Å²) >= 11 is 0. The first kappa shape index (κ1) is 18.1. The number of hydrogen-bond donors (Lipinski definition) is 1. The minimum Gasteiger partial charge on any atom is -0.466 e. The standard InChI is InChI=1S/C21H25N3O2/c1-14-8-17-18(10-21(2,3)11-19(17)26-14)23-20(25)24(4)13-16-7-5-6-15(9-16)12-22/h5-9,18H,10-11,13H2,1-4H3,(H,23,25). The van der Waals surface area contributed by atoms with Gasteiger partial charge in [-0.3, -0.25) is 0 Å². The van der Waals surface area contributed by atoms with Gasteiger partial charge in [0.1, 0.15) is 11.5 Å². The molecule has 1 aliphatic rings. The van der Waals surface area contributed by atoms with Gasteiger partial charge in [-0.25, -0.2) is 4.79 Å². The molecule has 0 saturated heterocycles. The van der Waals surface area contributed by atoms with Crippen LogP contribution in [0.4, 0.5) is 4.79 Å². The third-order valence-electron chi connectivity index (χ3n) is 4.86. The predicted octanol–water partition coefficient (Wildman–Crippen LogP) is 4.31. The van der Waals surface area contributed by atoms with E-state index in [4.69, 9.17) is 9.68 Å². The average Bonchev–Trinajstić information content (AvgIpc) is 2.93. The smallest absolute Gasteiger partial charge is 0.317 e. The number of rotatable bonds is 3. The third-order valence-corrected chi connectivity index (χ3v) is 4.86. The average molecular weight is 351 g/mol. The maximum absolute atomic E-state index is 12.7. The van der Waals surface area contributed by atoms with E-state index in [0.29, 0.717) is 12.1 Å². The second-order valence-corrected chi connectivity index (χ2v) is 7.95. The first-order valence-electron chi connectivity index (χ1n) is 8.87. The van der Waals surface area contributed by atoms with Gasteiger partial charge in [-0.15, -0.1) is 0 Å². The highest BCUT2D eigenvalue weighted by Gasteiger charge is 2.35. The van der Waals surface area contributed by atoms with Crippen molar-refractivity contribution in [2.24, 2.45) is 5.41 Å². The lowest BCUT2D eigenvalue weighted by Gasteiger charge is -2.35. The van der Waals surface area contributed by atoms with Crippen LogP contribution in [0, 0.1) is 23.7 Å². The van der Waals surface area contributed by atoms with Crippen LogP contribution < -0.4 is 5.32 Å². The number of urea groups is 1. The molecule has 0 spiro atoms. The van der Waals surface area contributed by atoms with E-state index in [2.05, 4.69) is 25.2 Å². The molecule has 5 nitrogen and oxygen atoms in total. The van der Waals surface area contributed by atoms with Crippen LogP contribution in [0.1, 0.15) is 54.5 Å². The molecule has 1 unspecified atom stereocenters. The Morgan fingerprint density at radius 1 is 1.42 bits per heavy atom. The number of nitriles is 1. The molecule has 1 aromatic heterocycles. The Morgan fingerprint density at radius 2 is 2.19 bits per heavy atom. The summed E-state index contributed by atoms with van der Waals surface area (Å²) in [5.41, 5.74) is 2.71. The number of benzene rings is 1. The lowest BCUT2D eigenvalue weighted by molar-refractivity contribution is 0.188. The lowest BCUT2D eigenvalue weighted by Crippen LogP contribution is -2.42. The van der Waals surface area contributed by atoms with E-state index < -0.39 is 0 Å². The monoisotopic (exact) mass is 351 g/mol. The molecule has 1 heterocycles. The number of nitrogens with zero attached hydrogens (tertiary/aromatic N) is 2. The zero-order valence-corrected chi connectivity index (χ0v) is 15.8. The van der Waals surface area contributed by atoms with Crippen molar-refractivity contribution < 1.29 is 9.21 Å². The fourth-order valence-electron chi connectivity index (χ4n) is 3.66. The van der Waals surface area contributed by atoms with Crippen LogP contribution in [0.3, 0.4) is 0 Å². The van der Waals surface area contributed by atoms with Crippen LogP contribution in [0.15, 0.2) is 34.7 Å². The van der Waals surface area contributed by atoms with Gasteiger partial charge in [0, 0.05) is 25.6 Å². The molecule has 1 aromatic carbocycles. The Labute approximate surface area is 154 Å². The summed E-state index contributed by atoms with van der Waals surface area (Å²) in [4.78, 5) is 14.4. The van der Waals surface area contributed by atoms with Crippen LogP contribution in [-0.2, 0) is 13.0 Å². The summed E-state index contributed by atoms with van der Waals surface area (Å²) in [6, 6.07) is 11.3. The van der Waals surface area contributed by atoms with Gasteiger partial charge in [0.25, 0.3) is 0 Å². The quantitative estimate of drug-likeness (QED) is 0.895. The predicted molar refractivity (Wildman–Crippen MR) is 99.4 cm³/mol. The number of amides is 2. The van der Waals surface area contributed by atoms with Crippen molar-refractivity contribution in [2.45, 2.75) is 46.2 Å². The molecule has 1 N–H and O–H groups in total. The molecule has 0 bridgehead atoms. The maximum Gasteiger partial charge on any atom is 0.317 e. The van der Waals surface area contributed by atoms with Crippen molar-refractivity contribution in [2.75, 3.05) is 7.05 Å². The largest absolute Gasteiger partial charge is 0.466 e. The van der Waals surface area contributed by atoms with Crippen LogP contribution >= 0.6 is 0 Å². The molecule has 26 heavy (non-hydrogen) atoms. The van der Waals surface area contributed by atoms with E-state index in [0.717, 1.165) is 35.5 Å². The van der Waals surface area contributed by atoms with Gasteiger partial charge in [-0.2, -0.15) is 5.26 Å². The van der Waals surface area contributed by atoms with Crippen molar-refractivity contribution in [1.29, 1.82) is 5.26 Å². The van der Waals surface area contributed by atoms with Crippen LogP contribution in [-0.4, -0.2) is 18.0 Å². The van der Waals surface area contributed by atoms with E-state index in [-0.39, 0.29) is 17.5 Å². The number of aryl methyl sites for hydroxylation is 1. The topological polar surface area (TPSA) is 69.3 Å². The molecular formula is C21H25N3O2. The fourth-order valence-corrected chi connectivity index (χ4v) is 3.66. The van der Waals surface area contributed by atoms with Gasteiger partial charge in [0.2, 0.25) is 0 Å². The minimum absolute atomic E-state index is 0.0495. The number of nitrogens with one attached hydrogen (secondary N) is 1. The second kappa shape index (κ2) is 6.87.